The van der Waals surface area contributed by atoms with Crippen molar-refractivity contribution >= 4 is 22.7 Å². The Bertz CT molecular complexity index is 654. The number of nitrogens with zero attached hydrogens (tertiary/aromatic N) is 3. The van der Waals surface area contributed by atoms with E-state index in [9.17, 15) is 9.59 Å². The molecule has 5 nitrogen and oxygen atoms in total. The van der Waals surface area contributed by atoms with E-state index in [0.29, 0.717) is 13.0 Å². The highest BCUT2D eigenvalue weighted by Crippen LogP contribution is 2.11. The smallest absolute Gasteiger partial charge is 0.230 e. The van der Waals surface area contributed by atoms with E-state index < -0.39 is 0 Å². The lowest BCUT2D eigenvalue weighted by Gasteiger charge is -2.13. The molecule has 96 valence electrons. The van der Waals surface area contributed by atoms with Crippen molar-refractivity contribution in [2.75, 3.05) is 13.1 Å². The average molecular weight is 255 g/mol. The Labute approximate surface area is 110 Å². The minimum Gasteiger partial charge on any atom is -0.335 e. The van der Waals surface area contributed by atoms with Gasteiger partial charge in [-0.15, -0.1) is 0 Å². The first-order chi connectivity index (χ1) is 9.22. The van der Waals surface area contributed by atoms with Crippen molar-refractivity contribution in [2.24, 2.45) is 0 Å². The van der Waals surface area contributed by atoms with Crippen LogP contribution in [0.3, 0.4) is 0 Å². The van der Waals surface area contributed by atoms with E-state index in [1.54, 1.807) is 11.1 Å². The molecule has 19 heavy (non-hydrogen) atoms. The lowest BCUT2D eigenvalue weighted by molar-refractivity contribution is -0.127. The molecule has 1 aromatic carbocycles. The van der Waals surface area contributed by atoms with E-state index in [-0.39, 0.29) is 24.7 Å². The Morgan fingerprint density at radius 2 is 1.95 bits per heavy atom. The zero-order valence-electron chi connectivity index (χ0n) is 10.4. The fraction of sp³-hybridized carbons (Fsp3) is 0.286. The van der Waals surface area contributed by atoms with E-state index in [1.807, 2.05) is 24.3 Å². The number of amides is 1. The van der Waals surface area contributed by atoms with Crippen molar-refractivity contribution in [1.82, 2.24) is 14.9 Å². The van der Waals surface area contributed by atoms with Gasteiger partial charge in [-0.25, -0.2) is 4.98 Å². The lowest BCUT2D eigenvalue weighted by Crippen LogP contribution is -2.27. The van der Waals surface area contributed by atoms with Gasteiger partial charge in [0.1, 0.15) is 0 Å². The summed E-state index contributed by atoms with van der Waals surface area (Å²) in [6.45, 7) is 0.761. The third kappa shape index (κ3) is 2.45. The number of carbonyl (C=O) groups is 2. The highest BCUT2D eigenvalue weighted by molar-refractivity contribution is 6.05. The molecule has 1 aliphatic heterocycles. The zero-order valence-corrected chi connectivity index (χ0v) is 10.4. The molecular formula is C14H13N3O2. The third-order valence-corrected chi connectivity index (χ3v) is 3.20. The summed E-state index contributed by atoms with van der Waals surface area (Å²) in [5.41, 5.74) is 2.55. The molecule has 2 aromatic rings. The number of hydrogen-bond donors (Lipinski definition) is 0. The van der Waals surface area contributed by atoms with Crippen LogP contribution in [-0.4, -0.2) is 39.6 Å². The number of aromatic nitrogens is 2. The maximum atomic E-state index is 11.5. The summed E-state index contributed by atoms with van der Waals surface area (Å²) < 4.78 is 0. The number of para-hydroxylation sites is 2. The van der Waals surface area contributed by atoms with Crippen LogP contribution >= 0.6 is 0 Å². The summed E-state index contributed by atoms with van der Waals surface area (Å²) >= 11 is 0. The van der Waals surface area contributed by atoms with E-state index >= 15 is 0 Å². The quantitative estimate of drug-likeness (QED) is 0.767. The highest BCUT2D eigenvalue weighted by Gasteiger charge is 2.26. The summed E-state index contributed by atoms with van der Waals surface area (Å²) in [6, 6.07) is 7.67. The minimum atomic E-state index is -0.0845. The van der Waals surface area contributed by atoms with Crippen molar-refractivity contribution in [3.63, 3.8) is 0 Å². The Hall–Kier alpha value is -2.30. The summed E-state index contributed by atoms with van der Waals surface area (Å²) in [5.74, 6) is -0.0895. The number of benzene rings is 1. The second-order valence-corrected chi connectivity index (χ2v) is 4.63. The van der Waals surface area contributed by atoms with Crippen LogP contribution in [0.5, 0.6) is 0 Å². The summed E-state index contributed by atoms with van der Waals surface area (Å²) in [4.78, 5) is 33.1. The van der Waals surface area contributed by atoms with Crippen LogP contribution < -0.4 is 0 Å². The maximum absolute atomic E-state index is 11.5. The number of fused-ring (bicyclic) bond motifs is 1. The third-order valence-electron chi connectivity index (χ3n) is 3.20. The van der Waals surface area contributed by atoms with Crippen LogP contribution in [0.25, 0.3) is 11.0 Å². The molecule has 1 aliphatic rings. The van der Waals surface area contributed by atoms with E-state index in [2.05, 4.69) is 9.97 Å². The first-order valence-electron chi connectivity index (χ1n) is 6.22. The second-order valence-electron chi connectivity index (χ2n) is 4.63. The van der Waals surface area contributed by atoms with Gasteiger partial charge >= 0.3 is 0 Å². The predicted molar refractivity (Wildman–Crippen MR) is 69.4 cm³/mol. The molecule has 1 saturated heterocycles. The topological polar surface area (TPSA) is 63.2 Å². The molecule has 1 amide bonds. The minimum absolute atomic E-state index is 0.00500. The molecule has 0 saturated carbocycles. The number of Topliss-reactive ketones (excluding diaryl/α,β-unsaturated/α-hetero) is 1. The predicted octanol–water partition coefficient (Wildman–Crippen LogP) is 0.974. The SMILES string of the molecule is O=C1CC(=O)N(CCc2cnc3ccccc3n2)C1. The molecule has 0 atom stereocenters. The first-order valence-corrected chi connectivity index (χ1v) is 6.22. The molecule has 0 N–H and O–H groups in total. The van der Waals surface area contributed by atoms with Crippen LogP contribution in [-0.2, 0) is 16.0 Å². The standard InChI is InChI=1S/C14H13N3O2/c18-11-7-14(19)17(9-11)6-5-10-8-15-12-3-1-2-4-13(12)16-10/h1-4,8H,5-7,9H2. The number of hydrogen-bond acceptors (Lipinski definition) is 4. The van der Waals surface area contributed by atoms with Gasteiger partial charge in [0.2, 0.25) is 5.91 Å². The fourth-order valence-electron chi connectivity index (χ4n) is 2.21. The molecule has 3 rings (SSSR count). The van der Waals surface area contributed by atoms with Gasteiger partial charge in [-0.05, 0) is 12.1 Å². The molecule has 1 aromatic heterocycles. The number of likely N-dealkylation sites (tertiary alicyclic amines) is 1. The molecule has 0 spiro atoms. The molecule has 0 aliphatic carbocycles. The van der Waals surface area contributed by atoms with E-state index in [1.165, 1.54) is 0 Å². The maximum Gasteiger partial charge on any atom is 0.230 e. The number of rotatable bonds is 3. The summed E-state index contributed by atoms with van der Waals surface area (Å²) in [7, 11) is 0. The molecule has 0 bridgehead atoms. The van der Waals surface area contributed by atoms with E-state index in [0.717, 1.165) is 16.7 Å². The van der Waals surface area contributed by atoms with Crippen LogP contribution in [0.1, 0.15) is 12.1 Å². The van der Waals surface area contributed by atoms with Crippen molar-refractivity contribution in [1.29, 1.82) is 0 Å². The Kier molecular flexibility index (Phi) is 2.95. The molecule has 0 radical (unpaired) electrons. The van der Waals surface area contributed by atoms with Gasteiger partial charge in [0, 0.05) is 19.2 Å². The molecule has 5 heteroatoms. The van der Waals surface area contributed by atoms with Crippen LogP contribution in [0, 0.1) is 0 Å². The Balaban J connectivity index is 1.71. The van der Waals surface area contributed by atoms with Gasteiger partial charge in [-0.3, -0.25) is 14.6 Å². The van der Waals surface area contributed by atoms with Crippen molar-refractivity contribution in [2.45, 2.75) is 12.8 Å². The van der Waals surface area contributed by atoms with Crippen LogP contribution in [0.2, 0.25) is 0 Å². The van der Waals surface area contributed by atoms with Gasteiger partial charge in [-0.1, -0.05) is 12.1 Å². The fourth-order valence-corrected chi connectivity index (χ4v) is 2.21. The monoisotopic (exact) mass is 255 g/mol. The normalized spacial score (nSPS) is 15.5. The summed E-state index contributed by atoms with van der Waals surface area (Å²) in [5, 5.41) is 0. The molecule has 1 fully saturated rings. The van der Waals surface area contributed by atoms with Gasteiger partial charge in [0.15, 0.2) is 5.78 Å². The van der Waals surface area contributed by atoms with Gasteiger partial charge in [0.25, 0.3) is 0 Å². The van der Waals surface area contributed by atoms with E-state index in [4.69, 9.17) is 0 Å². The van der Waals surface area contributed by atoms with Gasteiger partial charge in [-0.2, -0.15) is 0 Å². The van der Waals surface area contributed by atoms with Crippen molar-refractivity contribution in [3.05, 3.63) is 36.2 Å². The van der Waals surface area contributed by atoms with Gasteiger partial charge < -0.3 is 4.90 Å². The second kappa shape index (κ2) is 4.76. The lowest BCUT2D eigenvalue weighted by atomic mass is 10.2. The van der Waals surface area contributed by atoms with Crippen molar-refractivity contribution in [3.8, 4) is 0 Å². The van der Waals surface area contributed by atoms with Crippen LogP contribution in [0.15, 0.2) is 30.5 Å². The Morgan fingerprint density at radius 3 is 2.68 bits per heavy atom. The number of carbonyl (C=O) groups excluding carboxylic acids is 2. The van der Waals surface area contributed by atoms with Crippen molar-refractivity contribution < 1.29 is 9.59 Å². The molecule has 2 heterocycles. The Morgan fingerprint density at radius 1 is 1.16 bits per heavy atom. The number of ketones is 1. The zero-order chi connectivity index (χ0) is 13.2. The average Bonchev–Trinajstić information content (AvgIpc) is 2.74. The highest BCUT2D eigenvalue weighted by atomic mass is 16.2. The summed E-state index contributed by atoms with van der Waals surface area (Å²) in [6.07, 6.45) is 2.39. The van der Waals surface area contributed by atoms with Crippen LogP contribution in [0.4, 0.5) is 0 Å². The molecule has 0 unspecified atom stereocenters. The van der Waals surface area contributed by atoms with Gasteiger partial charge in [0.05, 0.1) is 29.7 Å². The first kappa shape index (κ1) is 11.8. The largest absolute Gasteiger partial charge is 0.335 e. The molecular weight excluding hydrogens is 242 g/mol.